The van der Waals surface area contributed by atoms with E-state index in [0.717, 1.165) is 19.3 Å². The lowest BCUT2D eigenvalue weighted by atomic mass is 10.0. The van der Waals surface area contributed by atoms with Gasteiger partial charge in [0.1, 0.15) is 17.1 Å². The van der Waals surface area contributed by atoms with Crippen LogP contribution in [0.5, 0.6) is 5.75 Å². The quantitative estimate of drug-likeness (QED) is 0.340. The largest absolute Gasteiger partial charge is 0.490 e. The normalized spacial score (nSPS) is 20.4. The number of ether oxygens (including phenoxy) is 2. The molecule has 0 fully saturated rings. The van der Waals surface area contributed by atoms with Crippen LogP contribution < -0.4 is 20.7 Å². The van der Waals surface area contributed by atoms with E-state index >= 15 is 0 Å². The molecule has 0 saturated heterocycles. The van der Waals surface area contributed by atoms with Crippen molar-refractivity contribution < 1.29 is 33.5 Å². The summed E-state index contributed by atoms with van der Waals surface area (Å²) >= 11 is 0. The van der Waals surface area contributed by atoms with Gasteiger partial charge in [-0.1, -0.05) is 12.1 Å². The maximum absolute atomic E-state index is 14.2. The maximum atomic E-state index is 14.2. The van der Waals surface area contributed by atoms with Crippen molar-refractivity contribution in [1.29, 1.82) is 0 Å². The van der Waals surface area contributed by atoms with Crippen molar-refractivity contribution in [1.82, 2.24) is 20.3 Å². The van der Waals surface area contributed by atoms with Crippen LogP contribution in [0.25, 0.3) is 0 Å². The Morgan fingerprint density at radius 1 is 1.16 bits per heavy atom. The summed E-state index contributed by atoms with van der Waals surface area (Å²) in [5, 5.41) is 22.5. The van der Waals surface area contributed by atoms with Crippen molar-refractivity contribution in [3.05, 3.63) is 35.2 Å². The molecular weight excluding hydrogens is 580 g/mol. The lowest BCUT2D eigenvalue weighted by Crippen LogP contribution is -2.48. The standard InChI is InChI=1S/C32H50N6O7/c1-19(2)33-31(41)34-25-12-13-27-26(15-25)30(40)38(21(4)18-39)16-20(3)28(43-14-10-9-11-22(5)44-27)17-37(8)32(42)35-29-23(6)36-45-24(29)7/h12-13,15,19-22,28,39H,9-11,14,16-18H2,1-8H3,(H,35,42)(H2,33,34,41)/t20-,21+,22-,28-/m1/s1. The highest BCUT2D eigenvalue weighted by molar-refractivity contribution is 5.99. The van der Waals surface area contributed by atoms with Crippen LogP contribution in [-0.2, 0) is 4.74 Å². The molecule has 1 aliphatic rings. The summed E-state index contributed by atoms with van der Waals surface area (Å²) in [6.45, 7) is 13.6. The first-order valence-corrected chi connectivity index (χ1v) is 15.7. The van der Waals surface area contributed by atoms with E-state index in [-0.39, 0.29) is 61.3 Å². The van der Waals surface area contributed by atoms with Gasteiger partial charge in [0.25, 0.3) is 5.91 Å². The minimum atomic E-state index is -0.528. The SMILES string of the molecule is Cc1noc(C)c1NC(=O)N(C)C[C@H]1OCCCC[C@@H](C)Oc2ccc(NC(=O)NC(C)C)cc2C(=O)N([C@@H](C)CO)C[C@H]1C. The summed E-state index contributed by atoms with van der Waals surface area (Å²) < 4.78 is 17.8. The summed E-state index contributed by atoms with van der Waals surface area (Å²) in [4.78, 5) is 42.9. The third kappa shape index (κ3) is 10.1. The van der Waals surface area contributed by atoms with Crippen molar-refractivity contribution >= 4 is 29.3 Å². The van der Waals surface area contributed by atoms with E-state index in [0.29, 0.717) is 35.2 Å². The number of hydrogen-bond donors (Lipinski definition) is 4. The number of rotatable bonds is 7. The van der Waals surface area contributed by atoms with Gasteiger partial charge >= 0.3 is 12.1 Å². The smallest absolute Gasteiger partial charge is 0.321 e. The fourth-order valence-corrected chi connectivity index (χ4v) is 5.11. The second-order valence-corrected chi connectivity index (χ2v) is 12.3. The molecule has 0 radical (unpaired) electrons. The Bertz CT molecular complexity index is 1280. The molecule has 4 N–H and O–H groups in total. The number of urea groups is 2. The Balaban J connectivity index is 1.90. The fourth-order valence-electron chi connectivity index (χ4n) is 5.11. The number of aliphatic hydroxyl groups excluding tert-OH is 1. The van der Waals surface area contributed by atoms with Crippen LogP contribution >= 0.6 is 0 Å². The monoisotopic (exact) mass is 630 g/mol. The number of hydrogen-bond acceptors (Lipinski definition) is 8. The zero-order chi connectivity index (χ0) is 33.3. The summed E-state index contributed by atoms with van der Waals surface area (Å²) in [6, 6.07) is 3.70. The number of benzene rings is 1. The molecule has 0 spiro atoms. The Morgan fingerprint density at radius 2 is 1.89 bits per heavy atom. The second-order valence-electron chi connectivity index (χ2n) is 12.3. The molecule has 250 valence electrons. The molecule has 2 aromatic rings. The predicted molar refractivity (Wildman–Crippen MR) is 172 cm³/mol. The van der Waals surface area contributed by atoms with Crippen LogP contribution in [0.3, 0.4) is 0 Å². The second kappa shape index (κ2) is 16.5. The summed E-state index contributed by atoms with van der Waals surface area (Å²) in [6.07, 6.45) is 1.79. The molecule has 0 aliphatic carbocycles. The highest BCUT2D eigenvalue weighted by Crippen LogP contribution is 2.29. The first-order valence-electron chi connectivity index (χ1n) is 15.7. The van der Waals surface area contributed by atoms with Gasteiger partial charge in [-0.05, 0) is 79.0 Å². The molecule has 13 heteroatoms. The molecule has 45 heavy (non-hydrogen) atoms. The van der Waals surface area contributed by atoms with Gasteiger partial charge in [-0.15, -0.1) is 0 Å². The van der Waals surface area contributed by atoms with Gasteiger partial charge in [-0.25, -0.2) is 9.59 Å². The van der Waals surface area contributed by atoms with Crippen molar-refractivity contribution in [2.75, 3.05) is 44.0 Å². The van der Waals surface area contributed by atoms with E-state index in [4.69, 9.17) is 14.0 Å². The van der Waals surface area contributed by atoms with Gasteiger partial charge in [0.05, 0.1) is 30.4 Å². The number of anilines is 2. The molecule has 0 bridgehead atoms. The van der Waals surface area contributed by atoms with Crippen LogP contribution in [0.4, 0.5) is 21.0 Å². The first kappa shape index (κ1) is 35.6. The molecule has 4 atom stereocenters. The van der Waals surface area contributed by atoms with E-state index in [1.807, 2.05) is 27.7 Å². The van der Waals surface area contributed by atoms with Gasteiger partial charge in [0.15, 0.2) is 5.76 Å². The van der Waals surface area contributed by atoms with Crippen LogP contribution in [-0.4, -0.2) is 95.7 Å². The van der Waals surface area contributed by atoms with E-state index in [1.54, 1.807) is 55.8 Å². The van der Waals surface area contributed by atoms with E-state index < -0.39 is 12.1 Å². The number of likely N-dealkylation sites (N-methyl/N-ethyl adjacent to an activating group) is 1. The van der Waals surface area contributed by atoms with Gasteiger partial charge in [0.2, 0.25) is 0 Å². The maximum Gasteiger partial charge on any atom is 0.321 e. The van der Waals surface area contributed by atoms with E-state index in [1.165, 1.54) is 0 Å². The number of nitrogens with one attached hydrogen (secondary N) is 3. The van der Waals surface area contributed by atoms with Gasteiger partial charge in [-0.2, -0.15) is 0 Å². The minimum Gasteiger partial charge on any atom is -0.490 e. The van der Waals surface area contributed by atoms with Crippen molar-refractivity contribution in [2.45, 2.75) is 92.0 Å². The third-order valence-electron chi connectivity index (χ3n) is 7.79. The lowest BCUT2D eigenvalue weighted by Gasteiger charge is -2.35. The first-order chi connectivity index (χ1) is 21.3. The molecular formula is C32H50N6O7. The molecule has 1 aromatic carbocycles. The summed E-state index contributed by atoms with van der Waals surface area (Å²) in [5.74, 6) is 0.354. The average molecular weight is 631 g/mol. The number of carbonyl (C=O) groups is 3. The number of nitrogens with zero attached hydrogens (tertiary/aromatic N) is 3. The Kier molecular flexibility index (Phi) is 13.0. The van der Waals surface area contributed by atoms with E-state index in [9.17, 15) is 19.5 Å². The third-order valence-corrected chi connectivity index (χ3v) is 7.79. The number of fused-ring (bicyclic) bond motifs is 1. The lowest BCUT2D eigenvalue weighted by molar-refractivity contribution is -0.0115. The number of aromatic nitrogens is 1. The fraction of sp³-hybridized carbons (Fsp3) is 0.625. The van der Waals surface area contributed by atoms with Gasteiger partial charge in [0, 0.05) is 44.4 Å². The Hall–Kier alpha value is -3.84. The summed E-state index contributed by atoms with van der Waals surface area (Å²) in [7, 11) is 1.69. The number of amides is 5. The number of aryl methyl sites for hydroxylation is 2. The number of aliphatic hydroxyl groups is 1. The zero-order valence-corrected chi connectivity index (χ0v) is 27.8. The molecule has 0 saturated carbocycles. The molecule has 0 unspecified atom stereocenters. The van der Waals surface area contributed by atoms with E-state index in [2.05, 4.69) is 21.1 Å². The van der Waals surface area contributed by atoms with Gasteiger partial charge < -0.3 is 44.9 Å². The summed E-state index contributed by atoms with van der Waals surface area (Å²) in [5.41, 5.74) is 1.84. The molecule has 5 amide bonds. The van der Waals surface area contributed by atoms with Crippen LogP contribution in [0.15, 0.2) is 22.7 Å². The minimum absolute atomic E-state index is 0.0633. The van der Waals surface area contributed by atoms with Gasteiger partial charge in [-0.3, -0.25) is 4.79 Å². The van der Waals surface area contributed by atoms with Crippen molar-refractivity contribution in [3.63, 3.8) is 0 Å². The van der Waals surface area contributed by atoms with Crippen molar-refractivity contribution in [3.8, 4) is 5.75 Å². The van der Waals surface area contributed by atoms with Crippen molar-refractivity contribution in [2.24, 2.45) is 5.92 Å². The highest BCUT2D eigenvalue weighted by atomic mass is 16.5. The van der Waals surface area contributed by atoms with Crippen LogP contribution in [0.1, 0.15) is 75.7 Å². The molecule has 13 nitrogen and oxygen atoms in total. The molecule has 1 aliphatic heterocycles. The van der Waals surface area contributed by atoms with Crippen LogP contribution in [0, 0.1) is 19.8 Å². The Labute approximate surface area is 266 Å². The zero-order valence-electron chi connectivity index (χ0n) is 27.8. The average Bonchev–Trinajstić information content (AvgIpc) is 3.30. The molecule has 3 rings (SSSR count). The predicted octanol–water partition coefficient (Wildman–Crippen LogP) is 4.78. The number of carbonyl (C=O) groups excluding carboxylic acids is 3. The van der Waals surface area contributed by atoms with Crippen LogP contribution in [0.2, 0.25) is 0 Å². The molecule has 1 aromatic heterocycles. The Morgan fingerprint density at radius 3 is 2.53 bits per heavy atom. The molecule has 2 heterocycles. The highest BCUT2D eigenvalue weighted by Gasteiger charge is 2.31. The topological polar surface area (TPSA) is 158 Å².